The molecule has 0 radical (unpaired) electrons. The summed E-state index contributed by atoms with van der Waals surface area (Å²) in [5.74, 6) is -1.29. The summed E-state index contributed by atoms with van der Waals surface area (Å²) in [5.41, 5.74) is 0.647. The van der Waals surface area contributed by atoms with Gasteiger partial charge in [0.1, 0.15) is 0 Å². The van der Waals surface area contributed by atoms with Gasteiger partial charge in [0.2, 0.25) is 0 Å². The van der Waals surface area contributed by atoms with Gasteiger partial charge >= 0.3 is 18.6 Å². The largest absolute Gasteiger partial charge is 0.490 e. The Hall–Kier alpha value is -2.58. The Labute approximate surface area is 156 Å². The van der Waals surface area contributed by atoms with Crippen LogP contribution in [0, 0.1) is 11.8 Å². The third kappa shape index (κ3) is 5.97. The SMILES string of the molecule is CCOc1cc(CNC(=O)N2CC(C)CC(C(=O)O)C2)ccc1OC(F)F. The van der Waals surface area contributed by atoms with E-state index in [2.05, 4.69) is 10.1 Å². The number of nitrogens with zero attached hydrogens (tertiary/aromatic N) is 1. The average molecular weight is 386 g/mol. The molecule has 9 heteroatoms. The quantitative estimate of drug-likeness (QED) is 0.752. The molecule has 1 aromatic rings. The summed E-state index contributed by atoms with van der Waals surface area (Å²) in [6.45, 7) is 1.74. The van der Waals surface area contributed by atoms with E-state index >= 15 is 0 Å². The lowest BCUT2D eigenvalue weighted by Crippen LogP contribution is -2.49. The van der Waals surface area contributed by atoms with E-state index in [4.69, 9.17) is 4.74 Å². The Morgan fingerprint density at radius 2 is 2.07 bits per heavy atom. The Bertz CT molecular complexity index is 671. The van der Waals surface area contributed by atoms with Crippen LogP contribution in [0.15, 0.2) is 18.2 Å². The van der Waals surface area contributed by atoms with Gasteiger partial charge in [0, 0.05) is 19.6 Å². The fourth-order valence-corrected chi connectivity index (χ4v) is 3.11. The van der Waals surface area contributed by atoms with E-state index in [1.807, 2.05) is 6.92 Å². The van der Waals surface area contributed by atoms with Gasteiger partial charge in [-0.3, -0.25) is 4.79 Å². The van der Waals surface area contributed by atoms with Crippen LogP contribution in [0.3, 0.4) is 0 Å². The lowest BCUT2D eigenvalue weighted by molar-refractivity contribution is -0.143. The van der Waals surface area contributed by atoms with Gasteiger partial charge in [0.05, 0.1) is 12.5 Å². The van der Waals surface area contributed by atoms with Crippen molar-refractivity contribution in [2.24, 2.45) is 11.8 Å². The van der Waals surface area contributed by atoms with Crippen molar-refractivity contribution in [3.05, 3.63) is 23.8 Å². The molecule has 1 fully saturated rings. The van der Waals surface area contributed by atoms with Gasteiger partial charge in [-0.05, 0) is 37.0 Å². The fourth-order valence-electron chi connectivity index (χ4n) is 3.11. The number of amides is 2. The number of ether oxygens (including phenoxy) is 2. The molecule has 1 heterocycles. The molecule has 2 N–H and O–H groups in total. The summed E-state index contributed by atoms with van der Waals surface area (Å²) in [6.07, 6.45) is 0.544. The van der Waals surface area contributed by atoms with E-state index in [1.165, 1.54) is 17.0 Å². The van der Waals surface area contributed by atoms with E-state index in [0.717, 1.165) is 0 Å². The van der Waals surface area contributed by atoms with E-state index in [1.54, 1.807) is 13.0 Å². The zero-order valence-corrected chi connectivity index (χ0v) is 15.3. The minimum atomic E-state index is -2.96. The Morgan fingerprint density at radius 1 is 1.33 bits per heavy atom. The second-order valence-electron chi connectivity index (χ2n) is 6.53. The lowest BCUT2D eigenvalue weighted by atomic mass is 9.91. The molecule has 7 nitrogen and oxygen atoms in total. The van der Waals surface area contributed by atoms with Gasteiger partial charge in [-0.2, -0.15) is 8.78 Å². The van der Waals surface area contributed by atoms with Crippen molar-refractivity contribution < 1.29 is 33.0 Å². The number of carboxylic acids is 1. The Morgan fingerprint density at radius 3 is 2.70 bits per heavy atom. The minimum Gasteiger partial charge on any atom is -0.490 e. The van der Waals surface area contributed by atoms with Crippen LogP contribution in [-0.4, -0.2) is 48.3 Å². The third-order valence-corrected chi connectivity index (χ3v) is 4.26. The van der Waals surface area contributed by atoms with Crippen LogP contribution in [-0.2, 0) is 11.3 Å². The summed E-state index contributed by atoms with van der Waals surface area (Å²) in [7, 11) is 0. The molecule has 27 heavy (non-hydrogen) atoms. The van der Waals surface area contributed by atoms with Gasteiger partial charge in [-0.1, -0.05) is 13.0 Å². The highest BCUT2D eigenvalue weighted by Gasteiger charge is 2.31. The van der Waals surface area contributed by atoms with Gasteiger partial charge in [-0.25, -0.2) is 4.79 Å². The number of rotatable bonds is 7. The molecule has 2 amide bonds. The molecule has 0 aromatic heterocycles. The third-order valence-electron chi connectivity index (χ3n) is 4.26. The first-order valence-corrected chi connectivity index (χ1v) is 8.76. The summed E-state index contributed by atoms with van der Waals surface area (Å²) in [6, 6.07) is 4.08. The summed E-state index contributed by atoms with van der Waals surface area (Å²) in [5, 5.41) is 11.9. The number of carbonyl (C=O) groups excluding carboxylic acids is 1. The molecule has 0 aliphatic carbocycles. The van der Waals surface area contributed by atoms with E-state index in [9.17, 15) is 23.5 Å². The number of halogens is 2. The molecule has 1 saturated heterocycles. The second-order valence-corrected chi connectivity index (χ2v) is 6.53. The molecule has 0 saturated carbocycles. The topological polar surface area (TPSA) is 88.1 Å². The van der Waals surface area contributed by atoms with Crippen LogP contribution in [0.1, 0.15) is 25.8 Å². The molecular weight excluding hydrogens is 362 g/mol. The minimum absolute atomic E-state index is 0.0731. The molecule has 1 aromatic carbocycles. The number of urea groups is 1. The van der Waals surface area contributed by atoms with Crippen LogP contribution >= 0.6 is 0 Å². The first-order valence-electron chi connectivity index (χ1n) is 8.76. The van der Waals surface area contributed by atoms with Crippen LogP contribution in [0.4, 0.5) is 13.6 Å². The molecule has 2 unspecified atom stereocenters. The number of hydrogen-bond donors (Lipinski definition) is 2. The smallest absolute Gasteiger partial charge is 0.387 e. The predicted molar refractivity (Wildman–Crippen MR) is 93.0 cm³/mol. The van der Waals surface area contributed by atoms with Gasteiger partial charge in [-0.15, -0.1) is 0 Å². The summed E-state index contributed by atoms with van der Waals surface area (Å²) in [4.78, 5) is 25.1. The van der Waals surface area contributed by atoms with Crippen molar-refractivity contribution in [3.8, 4) is 11.5 Å². The van der Waals surface area contributed by atoms with Crippen molar-refractivity contribution in [3.63, 3.8) is 0 Å². The van der Waals surface area contributed by atoms with Crippen molar-refractivity contribution in [2.75, 3.05) is 19.7 Å². The zero-order chi connectivity index (χ0) is 20.0. The highest BCUT2D eigenvalue weighted by molar-refractivity contribution is 5.76. The number of piperidine rings is 1. The lowest BCUT2D eigenvalue weighted by Gasteiger charge is -2.34. The molecule has 150 valence electrons. The molecular formula is C18H24F2N2O5. The monoisotopic (exact) mass is 386 g/mol. The normalized spacial score (nSPS) is 19.7. The maximum atomic E-state index is 12.4. The van der Waals surface area contributed by atoms with E-state index in [-0.39, 0.29) is 43.1 Å². The fraction of sp³-hybridized carbons (Fsp3) is 0.556. The molecule has 2 rings (SSSR count). The van der Waals surface area contributed by atoms with Crippen LogP contribution in [0.2, 0.25) is 0 Å². The number of carbonyl (C=O) groups is 2. The highest BCUT2D eigenvalue weighted by Crippen LogP contribution is 2.30. The molecule has 0 spiro atoms. The second kappa shape index (κ2) is 9.38. The zero-order valence-electron chi connectivity index (χ0n) is 15.3. The van der Waals surface area contributed by atoms with Gasteiger partial charge < -0.3 is 24.8 Å². The predicted octanol–water partition coefficient (Wildman–Crippen LogP) is 2.94. The van der Waals surface area contributed by atoms with Crippen molar-refractivity contribution in [1.29, 1.82) is 0 Å². The van der Waals surface area contributed by atoms with Gasteiger partial charge in [0.15, 0.2) is 11.5 Å². The van der Waals surface area contributed by atoms with E-state index < -0.39 is 18.5 Å². The van der Waals surface area contributed by atoms with Gasteiger partial charge in [0.25, 0.3) is 0 Å². The number of hydrogen-bond acceptors (Lipinski definition) is 4. The number of alkyl halides is 2. The Balaban J connectivity index is 1.99. The van der Waals surface area contributed by atoms with Crippen molar-refractivity contribution >= 4 is 12.0 Å². The van der Waals surface area contributed by atoms with Crippen LogP contribution < -0.4 is 14.8 Å². The maximum Gasteiger partial charge on any atom is 0.387 e. The van der Waals surface area contributed by atoms with Crippen molar-refractivity contribution in [1.82, 2.24) is 10.2 Å². The number of likely N-dealkylation sites (tertiary alicyclic amines) is 1. The first kappa shape index (κ1) is 20.7. The molecule has 1 aliphatic heterocycles. The summed E-state index contributed by atoms with van der Waals surface area (Å²) < 4.78 is 34.6. The summed E-state index contributed by atoms with van der Waals surface area (Å²) >= 11 is 0. The number of nitrogens with one attached hydrogen (secondary N) is 1. The average Bonchev–Trinajstić information content (AvgIpc) is 2.60. The number of carboxylic acid groups (broad SMARTS) is 1. The Kier molecular flexibility index (Phi) is 7.20. The highest BCUT2D eigenvalue weighted by atomic mass is 19.3. The standard InChI is InChI=1S/C18H24F2N2O5/c1-3-26-15-7-12(4-5-14(15)27-17(19)20)8-21-18(25)22-9-11(2)6-13(10-22)16(23)24/h4-5,7,11,13,17H,3,6,8-10H2,1-2H3,(H,21,25)(H,23,24). The molecule has 0 bridgehead atoms. The molecule has 1 aliphatic rings. The number of aliphatic carboxylic acids is 1. The van der Waals surface area contributed by atoms with Crippen LogP contribution in [0.25, 0.3) is 0 Å². The van der Waals surface area contributed by atoms with Crippen molar-refractivity contribution in [2.45, 2.75) is 33.4 Å². The first-order chi connectivity index (χ1) is 12.8. The number of benzene rings is 1. The van der Waals surface area contributed by atoms with E-state index in [0.29, 0.717) is 18.5 Å². The molecule has 2 atom stereocenters. The maximum absolute atomic E-state index is 12.4. The van der Waals surface area contributed by atoms with Crippen LogP contribution in [0.5, 0.6) is 11.5 Å².